The third-order valence-corrected chi connectivity index (χ3v) is 3.82. The van der Waals surface area contributed by atoms with Crippen molar-refractivity contribution >= 4 is 17.8 Å². The molecule has 1 saturated heterocycles. The van der Waals surface area contributed by atoms with E-state index in [0.717, 1.165) is 13.0 Å². The molecular weight excluding hydrogens is 322 g/mol. The van der Waals surface area contributed by atoms with Gasteiger partial charge in [-0.15, -0.1) is 0 Å². The Hall–Kier alpha value is -2.15. The molecule has 1 fully saturated rings. The first-order chi connectivity index (χ1) is 11.8. The second kappa shape index (κ2) is 7.82. The molecule has 0 bridgehead atoms. The Labute approximate surface area is 148 Å². The molecule has 2 heterocycles. The number of carbonyl (C=O) groups excluding carboxylic acids is 2. The zero-order valence-electron chi connectivity index (χ0n) is 15.3. The van der Waals surface area contributed by atoms with Gasteiger partial charge in [0.15, 0.2) is 0 Å². The summed E-state index contributed by atoms with van der Waals surface area (Å²) < 4.78 is 10.6. The van der Waals surface area contributed by atoms with E-state index in [1.807, 2.05) is 20.8 Å². The van der Waals surface area contributed by atoms with E-state index >= 15 is 0 Å². The molecule has 1 aromatic rings. The summed E-state index contributed by atoms with van der Waals surface area (Å²) in [7, 11) is 0. The van der Waals surface area contributed by atoms with Crippen molar-refractivity contribution in [3.8, 4) is 0 Å². The van der Waals surface area contributed by atoms with E-state index < -0.39 is 17.1 Å². The van der Waals surface area contributed by atoms with Crippen molar-refractivity contribution in [2.24, 2.45) is 0 Å². The van der Waals surface area contributed by atoms with Crippen LogP contribution in [0.1, 0.15) is 50.9 Å². The number of ether oxygens (including phenoxy) is 2. The average Bonchev–Trinajstić information content (AvgIpc) is 2.55. The van der Waals surface area contributed by atoms with E-state index in [-0.39, 0.29) is 5.97 Å². The summed E-state index contributed by atoms with van der Waals surface area (Å²) in [6, 6.07) is 3.30. The first-order valence-electron chi connectivity index (χ1n) is 8.61. The van der Waals surface area contributed by atoms with Crippen LogP contribution < -0.4 is 10.6 Å². The minimum atomic E-state index is -0.871. The van der Waals surface area contributed by atoms with E-state index in [1.54, 1.807) is 19.1 Å². The third-order valence-electron chi connectivity index (χ3n) is 3.82. The molecule has 25 heavy (non-hydrogen) atoms. The van der Waals surface area contributed by atoms with Crippen LogP contribution in [0.2, 0.25) is 0 Å². The van der Waals surface area contributed by atoms with Gasteiger partial charge in [0.1, 0.15) is 17.0 Å². The number of hydrogen-bond acceptors (Lipinski definition) is 7. The summed E-state index contributed by atoms with van der Waals surface area (Å²) in [5.41, 5.74) is -1.06. The molecule has 7 nitrogen and oxygen atoms in total. The number of pyridine rings is 1. The number of rotatable bonds is 5. The zero-order chi connectivity index (χ0) is 18.5. The fourth-order valence-corrected chi connectivity index (χ4v) is 2.66. The molecule has 1 aliphatic rings. The second-order valence-corrected chi connectivity index (χ2v) is 7.14. The van der Waals surface area contributed by atoms with Crippen LogP contribution in [0, 0.1) is 0 Å². The average molecular weight is 349 g/mol. The largest absolute Gasteiger partial charge is 0.462 e. The molecule has 1 atom stereocenters. The van der Waals surface area contributed by atoms with Gasteiger partial charge in [0, 0.05) is 12.7 Å². The van der Waals surface area contributed by atoms with Gasteiger partial charge < -0.3 is 20.1 Å². The summed E-state index contributed by atoms with van der Waals surface area (Å²) >= 11 is 0. The normalized spacial score (nSPS) is 20.6. The lowest BCUT2D eigenvalue weighted by molar-refractivity contribution is -0.161. The van der Waals surface area contributed by atoms with Crippen molar-refractivity contribution < 1.29 is 19.1 Å². The highest BCUT2D eigenvalue weighted by Gasteiger charge is 2.43. The number of nitrogens with one attached hydrogen (secondary N) is 2. The maximum absolute atomic E-state index is 12.8. The molecule has 0 radical (unpaired) electrons. The molecule has 2 N–H and O–H groups in total. The fourth-order valence-electron chi connectivity index (χ4n) is 2.66. The number of nitrogens with zero attached hydrogens (tertiary/aromatic N) is 1. The Bertz CT molecular complexity index is 602. The van der Waals surface area contributed by atoms with Gasteiger partial charge in [-0.2, -0.15) is 0 Å². The molecule has 0 aromatic carbocycles. The Balaban J connectivity index is 2.17. The summed E-state index contributed by atoms with van der Waals surface area (Å²) in [6.07, 6.45) is 2.95. The quantitative estimate of drug-likeness (QED) is 0.787. The molecular formula is C18H27N3O4. The van der Waals surface area contributed by atoms with Crippen molar-refractivity contribution in [2.75, 3.05) is 25.0 Å². The Morgan fingerprint density at radius 1 is 1.36 bits per heavy atom. The Kier molecular flexibility index (Phi) is 6.00. The van der Waals surface area contributed by atoms with Crippen LogP contribution in [-0.4, -0.2) is 47.8 Å². The van der Waals surface area contributed by atoms with Crippen molar-refractivity contribution in [1.82, 2.24) is 10.3 Å². The van der Waals surface area contributed by atoms with Gasteiger partial charge in [0.05, 0.1) is 12.2 Å². The van der Waals surface area contributed by atoms with Crippen LogP contribution >= 0.6 is 0 Å². The summed E-state index contributed by atoms with van der Waals surface area (Å²) in [5, 5.41) is 6.46. The van der Waals surface area contributed by atoms with Gasteiger partial charge in [-0.05, 0) is 59.2 Å². The Morgan fingerprint density at radius 2 is 2.12 bits per heavy atom. The maximum Gasteiger partial charge on any atom is 0.339 e. The molecule has 138 valence electrons. The van der Waals surface area contributed by atoms with Crippen LogP contribution in [0.3, 0.4) is 0 Å². The van der Waals surface area contributed by atoms with Crippen molar-refractivity contribution in [3.05, 3.63) is 23.9 Å². The monoisotopic (exact) mass is 349 g/mol. The predicted molar refractivity (Wildman–Crippen MR) is 94.5 cm³/mol. The van der Waals surface area contributed by atoms with E-state index in [2.05, 4.69) is 15.6 Å². The standard InChI is InChI=1S/C18H27N3O4/c1-5-24-15(22)13-7-8-14(20-11-13)21-18(9-6-10-19-12-18)16(23)25-17(2,3)4/h7-8,11,19H,5-6,9-10,12H2,1-4H3,(H,20,21)/t18-/m1/s1. The second-order valence-electron chi connectivity index (χ2n) is 7.14. The molecule has 2 rings (SSSR count). The maximum atomic E-state index is 12.8. The first-order valence-corrected chi connectivity index (χ1v) is 8.61. The van der Waals surface area contributed by atoms with Crippen LogP contribution in [0.4, 0.5) is 5.82 Å². The van der Waals surface area contributed by atoms with Crippen molar-refractivity contribution in [1.29, 1.82) is 0 Å². The number of hydrogen-bond donors (Lipinski definition) is 2. The summed E-state index contributed by atoms with van der Waals surface area (Å²) in [5.74, 6) is -0.200. The van der Waals surface area contributed by atoms with E-state index in [4.69, 9.17) is 9.47 Å². The lowest BCUT2D eigenvalue weighted by Gasteiger charge is -2.38. The predicted octanol–water partition coefficient (Wildman–Crippen LogP) is 2.13. The van der Waals surface area contributed by atoms with Gasteiger partial charge >= 0.3 is 11.9 Å². The van der Waals surface area contributed by atoms with Gasteiger partial charge in [-0.25, -0.2) is 14.6 Å². The number of carbonyl (C=O) groups is 2. The summed E-state index contributed by atoms with van der Waals surface area (Å²) in [6.45, 7) is 8.93. The molecule has 0 spiro atoms. The topological polar surface area (TPSA) is 89.5 Å². The lowest BCUT2D eigenvalue weighted by atomic mass is 9.89. The number of esters is 2. The fraction of sp³-hybridized carbons (Fsp3) is 0.611. The summed E-state index contributed by atoms with van der Waals surface area (Å²) in [4.78, 5) is 28.7. The van der Waals surface area contributed by atoms with Crippen LogP contribution in [0.25, 0.3) is 0 Å². The van der Waals surface area contributed by atoms with Crippen molar-refractivity contribution in [3.63, 3.8) is 0 Å². The van der Waals surface area contributed by atoms with Gasteiger partial charge in [-0.1, -0.05) is 0 Å². The number of anilines is 1. The van der Waals surface area contributed by atoms with E-state index in [1.165, 1.54) is 6.20 Å². The SMILES string of the molecule is CCOC(=O)c1ccc(N[C@]2(C(=O)OC(C)(C)C)CCCNC2)nc1. The molecule has 1 aromatic heterocycles. The van der Waals surface area contributed by atoms with Crippen LogP contribution in [0.5, 0.6) is 0 Å². The smallest absolute Gasteiger partial charge is 0.339 e. The van der Waals surface area contributed by atoms with Gasteiger partial charge in [0.2, 0.25) is 0 Å². The highest BCUT2D eigenvalue weighted by Crippen LogP contribution is 2.25. The number of piperidine rings is 1. The highest BCUT2D eigenvalue weighted by atomic mass is 16.6. The zero-order valence-corrected chi connectivity index (χ0v) is 15.3. The van der Waals surface area contributed by atoms with Gasteiger partial charge in [-0.3, -0.25) is 0 Å². The molecule has 0 unspecified atom stereocenters. The molecule has 1 aliphatic heterocycles. The first kappa shape index (κ1) is 19.2. The molecule has 7 heteroatoms. The van der Waals surface area contributed by atoms with Crippen molar-refractivity contribution in [2.45, 2.75) is 51.7 Å². The van der Waals surface area contributed by atoms with Crippen LogP contribution in [-0.2, 0) is 14.3 Å². The third kappa shape index (κ3) is 5.16. The van der Waals surface area contributed by atoms with E-state index in [9.17, 15) is 9.59 Å². The molecule has 0 saturated carbocycles. The minimum Gasteiger partial charge on any atom is -0.462 e. The number of aromatic nitrogens is 1. The highest BCUT2D eigenvalue weighted by molar-refractivity contribution is 5.89. The Morgan fingerprint density at radius 3 is 2.64 bits per heavy atom. The molecule has 0 aliphatic carbocycles. The minimum absolute atomic E-state index is 0.302. The van der Waals surface area contributed by atoms with Gasteiger partial charge in [0.25, 0.3) is 0 Å². The molecule has 0 amide bonds. The van der Waals surface area contributed by atoms with Crippen LogP contribution in [0.15, 0.2) is 18.3 Å². The van der Waals surface area contributed by atoms with E-state index in [0.29, 0.717) is 31.0 Å². The lowest BCUT2D eigenvalue weighted by Crippen LogP contribution is -2.58.